The third kappa shape index (κ3) is 13.9. The van der Waals surface area contributed by atoms with Crippen molar-refractivity contribution in [2.45, 2.75) is 216 Å². The quantitative estimate of drug-likeness (QED) is 0.0678. The summed E-state index contributed by atoms with van der Waals surface area (Å²) in [5.74, 6) is -1.92. The average molecular weight is 915 g/mol. The van der Waals surface area contributed by atoms with E-state index in [9.17, 15) is 19.2 Å². The van der Waals surface area contributed by atoms with Crippen LogP contribution < -0.4 is 32.3 Å². The molecular formula is C52H94N6O7. The third-order valence-corrected chi connectivity index (χ3v) is 15.5. The Morgan fingerprint density at radius 1 is 0.508 bits per heavy atom. The fraction of sp³-hybridized carbons (Fsp3) is 0.885. The molecule has 3 rings (SSSR count). The molecule has 0 aliphatic heterocycles. The summed E-state index contributed by atoms with van der Waals surface area (Å²) in [4.78, 5) is 87.6. The van der Waals surface area contributed by atoms with Crippen LogP contribution in [0.1, 0.15) is 181 Å². The Balaban J connectivity index is 2.09. The minimum Gasteiger partial charge on any atom is -0.467 e. The van der Waals surface area contributed by atoms with Gasteiger partial charge in [0.1, 0.15) is 29.2 Å². The highest BCUT2D eigenvalue weighted by molar-refractivity contribution is 6.00. The number of carbonyl (C=O) groups excluding carboxylic acids is 6. The van der Waals surface area contributed by atoms with E-state index in [2.05, 4.69) is 88.9 Å². The molecule has 0 heterocycles. The molecule has 0 bridgehead atoms. The maximum absolute atomic E-state index is 15.4. The van der Waals surface area contributed by atoms with Crippen molar-refractivity contribution in [1.29, 1.82) is 0 Å². The Bertz CT molecular complexity index is 1630. The number of esters is 1. The number of amides is 5. The molecule has 0 saturated heterocycles. The number of hydrogen-bond donors (Lipinski definition) is 6. The van der Waals surface area contributed by atoms with Gasteiger partial charge in [0.2, 0.25) is 29.5 Å². The first-order chi connectivity index (χ1) is 30.1. The van der Waals surface area contributed by atoms with Crippen molar-refractivity contribution in [1.82, 2.24) is 26.6 Å². The van der Waals surface area contributed by atoms with Gasteiger partial charge in [-0.05, 0) is 148 Å². The van der Waals surface area contributed by atoms with Crippen molar-refractivity contribution in [3.63, 3.8) is 0 Å². The van der Waals surface area contributed by atoms with Crippen LogP contribution in [-0.2, 0) is 33.5 Å². The molecule has 0 radical (unpaired) electrons. The van der Waals surface area contributed by atoms with Crippen LogP contribution in [-0.4, -0.2) is 77.4 Å². The molecule has 0 unspecified atom stereocenters. The van der Waals surface area contributed by atoms with E-state index in [4.69, 9.17) is 10.5 Å². The highest BCUT2D eigenvalue weighted by atomic mass is 16.5. The van der Waals surface area contributed by atoms with Crippen molar-refractivity contribution >= 4 is 35.5 Å². The van der Waals surface area contributed by atoms with Gasteiger partial charge in [-0.25, -0.2) is 4.79 Å². The maximum Gasteiger partial charge on any atom is 0.328 e. The van der Waals surface area contributed by atoms with Crippen LogP contribution in [0.15, 0.2) is 0 Å². The summed E-state index contributed by atoms with van der Waals surface area (Å²) in [5, 5.41) is 15.8. The predicted molar refractivity (Wildman–Crippen MR) is 259 cm³/mol. The minimum absolute atomic E-state index is 0.00415. The van der Waals surface area contributed by atoms with E-state index in [0.29, 0.717) is 75.5 Å². The topological polar surface area (TPSA) is 198 Å². The van der Waals surface area contributed by atoms with Crippen molar-refractivity contribution in [2.75, 3.05) is 7.11 Å². The monoisotopic (exact) mass is 915 g/mol. The lowest BCUT2D eigenvalue weighted by Crippen LogP contribution is -2.72. The zero-order valence-corrected chi connectivity index (χ0v) is 43.6. The highest BCUT2D eigenvalue weighted by Crippen LogP contribution is 2.44. The molecule has 0 aromatic carbocycles. The molecule has 3 aliphatic rings. The summed E-state index contributed by atoms with van der Waals surface area (Å²) in [5.41, 5.74) is 3.16. The van der Waals surface area contributed by atoms with Crippen molar-refractivity contribution in [2.24, 2.45) is 76.7 Å². The van der Waals surface area contributed by atoms with E-state index in [1.54, 1.807) is 0 Å². The first-order valence-corrected chi connectivity index (χ1v) is 25.6. The van der Waals surface area contributed by atoms with Crippen LogP contribution in [0.25, 0.3) is 0 Å². The van der Waals surface area contributed by atoms with Gasteiger partial charge < -0.3 is 37.1 Å². The maximum atomic E-state index is 15.4. The Morgan fingerprint density at radius 2 is 0.831 bits per heavy atom. The zero-order valence-electron chi connectivity index (χ0n) is 43.6. The van der Waals surface area contributed by atoms with Gasteiger partial charge in [-0.2, -0.15) is 0 Å². The van der Waals surface area contributed by atoms with Gasteiger partial charge in [0, 0.05) is 0 Å². The van der Waals surface area contributed by atoms with Gasteiger partial charge in [-0.1, -0.05) is 104 Å². The van der Waals surface area contributed by atoms with Crippen LogP contribution in [0, 0.1) is 71.0 Å². The molecule has 3 aliphatic carbocycles. The van der Waals surface area contributed by atoms with E-state index >= 15 is 9.59 Å². The first kappa shape index (κ1) is 56.1. The van der Waals surface area contributed by atoms with E-state index in [0.717, 1.165) is 12.8 Å². The summed E-state index contributed by atoms with van der Waals surface area (Å²) in [6.07, 6.45) is 6.64. The lowest BCUT2D eigenvalue weighted by molar-refractivity contribution is -0.149. The van der Waals surface area contributed by atoms with Crippen LogP contribution in [0.4, 0.5) is 0 Å². The first-order valence-electron chi connectivity index (χ1n) is 25.6. The van der Waals surface area contributed by atoms with Crippen molar-refractivity contribution in [3.05, 3.63) is 0 Å². The molecule has 0 spiro atoms. The zero-order chi connectivity index (χ0) is 49.4. The lowest BCUT2D eigenvalue weighted by Gasteiger charge is -2.49. The summed E-state index contributed by atoms with van der Waals surface area (Å²) < 4.78 is 5.11. The van der Waals surface area contributed by atoms with Gasteiger partial charge >= 0.3 is 5.97 Å². The molecule has 3 saturated carbocycles. The van der Waals surface area contributed by atoms with E-state index in [-0.39, 0.29) is 65.6 Å². The molecule has 7 N–H and O–H groups in total. The summed E-state index contributed by atoms with van der Waals surface area (Å²) in [6.45, 7) is 30.9. The number of nitrogens with one attached hydrogen (secondary N) is 5. The Hall–Kier alpha value is -3.22. The van der Waals surface area contributed by atoms with E-state index in [1.807, 2.05) is 41.5 Å². The Kier molecular flexibility index (Phi) is 20.4. The van der Waals surface area contributed by atoms with Crippen LogP contribution in [0.5, 0.6) is 0 Å². The molecule has 65 heavy (non-hydrogen) atoms. The largest absolute Gasteiger partial charge is 0.467 e. The molecule has 5 amide bonds. The van der Waals surface area contributed by atoms with Gasteiger partial charge in [-0.15, -0.1) is 0 Å². The summed E-state index contributed by atoms with van der Waals surface area (Å²) >= 11 is 0. The van der Waals surface area contributed by atoms with Crippen molar-refractivity contribution in [3.8, 4) is 0 Å². The number of methoxy groups -OCH3 is 1. The molecular weight excluding hydrogens is 821 g/mol. The second-order valence-electron chi connectivity index (χ2n) is 23.6. The number of carbonyl (C=O) groups is 6. The van der Waals surface area contributed by atoms with Crippen molar-refractivity contribution < 1.29 is 33.5 Å². The summed E-state index contributed by atoms with van der Waals surface area (Å²) in [6, 6.07) is -2.88. The smallest absolute Gasteiger partial charge is 0.328 e. The van der Waals surface area contributed by atoms with E-state index in [1.165, 1.54) is 7.11 Å². The van der Waals surface area contributed by atoms with Crippen LogP contribution in [0.3, 0.4) is 0 Å². The molecule has 12 atom stereocenters. The van der Waals surface area contributed by atoms with Gasteiger partial charge in [-0.3, -0.25) is 24.0 Å². The fourth-order valence-electron chi connectivity index (χ4n) is 11.8. The van der Waals surface area contributed by atoms with Crippen LogP contribution in [0.2, 0.25) is 0 Å². The average Bonchev–Trinajstić information content (AvgIpc) is 3.20. The normalized spacial score (nSPS) is 31.1. The fourth-order valence-corrected chi connectivity index (χ4v) is 11.8. The minimum atomic E-state index is -1.39. The molecule has 0 aromatic rings. The molecule has 13 heteroatoms. The number of rotatable bonds is 20. The SMILES string of the molecule is COC(=O)[C@H](CC(C)C)NC(=O)[C@]1(NC(=O)[C@H](CC(C)C)NC(=O)[C@]2(NC(=O)[C@H](CC(C)C)NC(=O)[C@]3(N)CC[C@H](C)C[C@H]3C(C)C)CC[C@H](C)C[C@H]2C(C)C)CC[C@H](C)C[C@H]1C(C)C. The molecule has 0 aromatic heterocycles. The predicted octanol–water partition coefficient (Wildman–Crippen LogP) is 7.44. The van der Waals surface area contributed by atoms with E-state index < -0.39 is 64.3 Å². The standard InChI is InChI=1S/C52H94N6O7/c1-29(2)23-41(54-47(62)50(53)20-17-35(13)26-38(50)32(7)8)44(59)57-51(21-18-36(14)27-39(51)33(9)10)48(63)55-42(24-30(3)4)45(60)58-52(22-19-37(15)28-40(52)34(11)12)49(64)56-43(25-31(5)6)46(61)65-16/h29-43H,17-28,53H2,1-16H3,(H,54,62)(H,55,63)(H,56,64)(H,57,59)(H,58,60)/t35-,36-,37-,38-,39-,40-,41-,42-,43-,50-,51-,52-/m0/s1. The molecule has 3 fully saturated rings. The second-order valence-corrected chi connectivity index (χ2v) is 23.6. The second kappa shape index (κ2) is 23.7. The number of hydrogen-bond acceptors (Lipinski definition) is 8. The van der Waals surface area contributed by atoms with Crippen LogP contribution >= 0.6 is 0 Å². The Morgan fingerprint density at radius 3 is 1.18 bits per heavy atom. The lowest BCUT2D eigenvalue weighted by atomic mass is 9.64. The molecule has 13 nitrogen and oxygen atoms in total. The number of nitrogens with two attached hydrogens (primary N) is 1. The van der Waals surface area contributed by atoms with Gasteiger partial charge in [0.15, 0.2) is 0 Å². The van der Waals surface area contributed by atoms with Gasteiger partial charge in [0.05, 0.1) is 12.6 Å². The highest BCUT2D eigenvalue weighted by Gasteiger charge is 2.55. The Labute approximate surface area is 394 Å². The van der Waals surface area contributed by atoms with Gasteiger partial charge in [0.25, 0.3) is 0 Å². The number of ether oxygens (including phenoxy) is 1. The summed E-state index contributed by atoms with van der Waals surface area (Å²) in [7, 11) is 1.30. The molecule has 374 valence electrons. The third-order valence-electron chi connectivity index (χ3n) is 15.5.